The minimum Gasteiger partial charge on any atom is -0.207 e. The highest BCUT2D eigenvalue weighted by Gasteiger charge is 2.16. The lowest BCUT2D eigenvalue weighted by Crippen LogP contribution is -2.00. The summed E-state index contributed by atoms with van der Waals surface area (Å²) in [6.45, 7) is 9.54. The fourth-order valence-corrected chi connectivity index (χ4v) is 2.93. The molecule has 5 heteroatoms. The van der Waals surface area contributed by atoms with Crippen LogP contribution < -0.4 is 0 Å². The highest BCUT2D eigenvalue weighted by Crippen LogP contribution is 2.30. The van der Waals surface area contributed by atoms with Crippen LogP contribution in [0.15, 0.2) is 38.6 Å². The minimum absolute atomic E-state index is 0.0822. The van der Waals surface area contributed by atoms with Crippen molar-refractivity contribution in [3.63, 3.8) is 0 Å². The van der Waals surface area contributed by atoms with E-state index < -0.39 is 11.6 Å². The first-order valence-corrected chi connectivity index (χ1v) is 9.72. The number of benzene rings is 1. The van der Waals surface area contributed by atoms with Crippen LogP contribution in [0.25, 0.3) is 0 Å². The first-order chi connectivity index (χ1) is 11.3. The van der Waals surface area contributed by atoms with Gasteiger partial charge in [0.1, 0.15) is 17.5 Å². The lowest BCUT2D eigenvalue weighted by Gasteiger charge is -2.11. The Morgan fingerprint density at radius 2 is 1.71 bits per heavy atom. The van der Waals surface area contributed by atoms with Gasteiger partial charge in [-0.3, -0.25) is 0 Å². The van der Waals surface area contributed by atoms with Gasteiger partial charge >= 0.3 is 0 Å². The Hall–Kier alpha value is -0.550. The topological polar surface area (TPSA) is 0 Å². The Morgan fingerprint density at radius 1 is 1.12 bits per heavy atom. The summed E-state index contributed by atoms with van der Waals surface area (Å²) < 4.78 is 40.3. The van der Waals surface area contributed by atoms with E-state index >= 15 is 0 Å². The van der Waals surface area contributed by atoms with E-state index in [1.165, 1.54) is 12.1 Å². The Balaban J connectivity index is 0.000000420. The molecule has 24 heavy (non-hydrogen) atoms. The second kappa shape index (κ2) is 11.9. The van der Waals surface area contributed by atoms with Crippen molar-refractivity contribution in [2.75, 3.05) is 0 Å². The van der Waals surface area contributed by atoms with Gasteiger partial charge in [0, 0.05) is 10.0 Å². The number of hydrogen-bond donors (Lipinski definition) is 0. The van der Waals surface area contributed by atoms with Crippen LogP contribution in [-0.2, 0) is 0 Å². The smallest absolute Gasteiger partial charge is 0.143 e. The summed E-state index contributed by atoms with van der Waals surface area (Å²) >= 11 is 6.16. The Kier molecular flexibility index (Phi) is 11.6. The fourth-order valence-electron chi connectivity index (χ4n) is 2.02. The zero-order valence-corrected chi connectivity index (χ0v) is 18.0. The van der Waals surface area contributed by atoms with Crippen LogP contribution in [0.4, 0.5) is 13.2 Å². The summed E-state index contributed by atoms with van der Waals surface area (Å²) in [5.74, 6) is -1.11. The van der Waals surface area contributed by atoms with E-state index in [1.807, 2.05) is 40.7 Å². The Bertz CT molecular complexity index is 593. The SMILES string of the molecule is CC.CC1=C(F)C(Br)=CCC1.CCC(C)c1c(F)ccc(Br)c1F. The maximum atomic E-state index is 13.4. The largest absolute Gasteiger partial charge is 0.207 e. The van der Waals surface area contributed by atoms with Gasteiger partial charge in [-0.2, -0.15) is 0 Å². The van der Waals surface area contributed by atoms with Crippen LogP contribution in [0.2, 0.25) is 0 Å². The lowest BCUT2D eigenvalue weighted by atomic mass is 9.98. The van der Waals surface area contributed by atoms with Gasteiger partial charge < -0.3 is 0 Å². The molecule has 1 aromatic rings. The van der Waals surface area contributed by atoms with Gasteiger partial charge in [0.2, 0.25) is 0 Å². The summed E-state index contributed by atoms with van der Waals surface area (Å²) in [5, 5.41) is 0. The van der Waals surface area contributed by atoms with Crippen molar-refractivity contribution < 1.29 is 13.2 Å². The van der Waals surface area contributed by atoms with Gasteiger partial charge in [-0.15, -0.1) is 0 Å². The molecule has 0 bridgehead atoms. The van der Waals surface area contributed by atoms with Gasteiger partial charge in [0.15, 0.2) is 0 Å². The van der Waals surface area contributed by atoms with E-state index in [4.69, 9.17) is 0 Å². The van der Waals surface area contributed by atoms with Crippen molar-refractivity contribution in [1.29, 1.82) is 0 Å². The predicted octanol–water partition coefficient (Wildman–Crippen LogP) is 8.57. The monoisotopic (exact) mass is 468 g/mol. The Morgan fingerprint density at radius 3 is 2.17 bits per heavy atom. The summed E-state index contributed by atoms with van der Waals surface area (Å²) in [6.07, 6.45) is 4.41. The molecular formula is C19H25Br2F3. The highest BCUT2D eigenvalue weighted by atomic mass is 79.9. The quantitative estimate of drug-likeness (QED) is 0.380. The zero-order chi connectivity index (χ0) is 18.9. The van der Waals surface area contributed by atoms with Crippen molar-refractivity contribution >= 4 is 31.9 Å². The van der Waals surface area contributed by atoms with Crippen LogP contribution >= 0.6 is 31.9 Å². The second-order valence-electron chi connectivity index (χ2n) is 5.25. The molecule has 1 unspecified atom stereocenters. The number of rotatable bonds is 2. The van der Waals surface area contributed by atoms with Crippen molar-refractivity contribution in [2.45, 2.75) is 59.8 Å². The summed E-state index contributed by atoms with van der Waals surface area (Å²) in [5.41, 5.74) is 1.03. The van der Waals surface area contributed by atoms with Gasteiger partial charge in [-0.05, 0) is 81.7 Å². The van der Waals surface area contributed by atoms with E-state index in [-0.39, 0.29) is 17.3 Å². The molecule has 2 rings (SSSR count). The van der Waals surface area contributed by atoms with Gasteiger partial charge in [-0.1, -0.05) is 33.8 Å². The van der Waals surface area contributed by atoms with Crippen LogP contribution in [0.3, 0.4) is 0 Å². The van der Waals surface area contributed by atoms with E-state index in [0.29, 0.717) is 8.96 Å². The Labute approximate surface area is 160 Å². The van der Waals surface area contributed by atoms with Gasteiger partial charge in [0.05, 0.1) is 4.47 Å². The molecule has 0 N–H and O–H groups in total. The van der Waals surface area contributed by atoms with Crippen molar-refractivity contribution in [1.82, 2.24) is 0 Å². The van der Waals surface area contributed by atoms with E-state index in [2.05, 4.69) is 31.9 Å². The first-order valence-electron chi connectivity index (χ1n) is 8.14. The molecule has 1 aliphatic rings. The molecule has 0 radical (unpaired) electrons. The molecule has 0 heterocycles. The van der Waals surface area contributed by atoms with Crippen LogP contribution in [0.5, 0.6) is 0 Å². The molecule has 1 aliphatic carbocycles. The summed E-state index contributed by atoms with van der Waals surface area (Å²) in [4.78, 5) is 0. The molecule has 1 aromatic carbocycles. The third-order valence-corrected chi connectivity index (χ3v) is 4.90. The third-order valence-electron chi connectivity index (χ3n) is 3.61. The lowest BCUT2D eigenvalue weighted by molar-refractivity contribution is 0.524. The number of hydrogen-bond acceptors (Lipinski definition) is 0. The molecule has 0 nitrogen and oxygen atoms in total. The molecule has 0 amide bonds. The molecule has 0 saturated carbocycles. The molecule has 0 aliphatic heterocycles. The van der Waals surface area contributed by atoms with Crippen molar-refractivity contribution in [3.05, 3.63) is 55.8 Å². The van der Waals surface area contributed by atoms with Crippen molar-refractivity contribution in [2.24, 2.45) is 0 Å². The van der Waals surface area contributed by atoms with E-state index in [0.717, 1.165) is 24.8 Å². The predicted molar refractivity (Wildman–Crippen MR) is 104 cm³/mol. The van der Waals surface area contributed by atoms with Crippen LogP contribution in [-0.4, -0.2) is 0 Å². The van der Waals surface area contributed by atoms with Crippen molar-refractivity contribution in [3.8, 4) is 0 Å². The fraction of sp³-hybridized carbons (Fsp3) is 0.474. The molecule has 0 aromatic heterocycles. The molecular weight excluding hydrogens is 445 g/mol. The average Bonchev–Trinajstić information content (AvgIpc) is 2.58. The number of halogens is 5. The minimum atomic E-state index is -0.477. The average molecular weight is 470 g/mol. The third kappa shape index (κ3) is 6.75. The summed E-state index contributed by atoms with van der Waals surface area (Å²) in [7, 11) is 0. The maximum Gasteiger partial charge on any atom is 0.143 e. The normalized spacial score (nSPS) is 14.8. The summed E-state index contributed by atoms with van der Waals surface area (Å²) in [6, 6.07) is 2.67. The standard InChI is InChI=1S/C10H11BrF2.C7H8BrF.C2H6/c1-3-6(2)9-8(12)5-4-7(11)10(9)13;1-5-3-2-4-6(8)7(5)9;1-2/h4-6H,3H2,1-2H3;4H,2-3H2,1H3;1-2H3. The molecule has 136 valence electrons. The van der Waals surface area contributed by atoms with Gasteiger partial charge in [-0.25, -0.2) is 13.2 Å². The van der Waals surface area contributed by atoms with E-state index in [1.54, 1.807) is 0 Å². The molecule has 0 saturated heterocycles. The van der Waals surface area contributed by atoms with E-state index in [9.17, 15) is 13.2 Å². The van der Waals surface area contributed by atoms with Crippen LogP contribution in [0, 0.1) is 11.6 Å². The first kappa shape index (κ1) is 23.4. The number of allylic oxidation sites excluding steroid dienone is 4. The molecule has 0 spiro atoms. The molecule has 1 atom stereocenters. The van der Waals surface area contributed by atoms with Gasteiger partial charge in [0.25, 0.3) is 0 Å². The zero-order valence-electron chi connectivity index (χ0n) is 14.8. The second-order valence-corrected chi connectivity index (χ2v) is 6.96. The molecule has 0 fully saturated rings. The highest BCUT2D eigenvalue weighted by molar-refractivity contribution is 9.12. The van der Waals surface area contributed by atoms with Crippen LogP contribution in [0.1, 0.15) is 65.4 Å². The maximum absolute atomic E-state index is 13.4.